The third-order valence-corrected chi connectivity index (χ3v) is 4.71. The molecular formula is C16H15N3O2S2. The fourth-order valence-corrected chi connectivity index (χ4v) is 3.45. The maximum absolute atomic E-state index is 5.37. The van der Waals surface area contributed by atoms with Crippen LogP contribution in [-0.4, -0.2) is 25.4 Å². The molecule has 0 atom stereocenters. The summed E-state index contributed by atoms with van der Waals surface area (Å²) in [4.78, 5) is 5.65. The lowest BCUT2D eigenvalue weighted by atomic mass is 10.2. The average molecular weight is 345 g/mol. The minimum absolute atomic E-state index is 0.652. The molecule has 2 heterocycles. The van der Waals surface area contributed by atoms with Gasteiger partial charge >= 0.3 is 0 Å². The number of thiophene rings is 1. The summed E-state index contributed by atoms with van der Waals surface area (Å²) in [7, 11) is 3.22. The van der Waals surface area contributed by atoms with Gasteiger partial charge < -0.3 is 9.47 Å². The van der Waals surface area contributed by atoms with Crippen LogP contribution in [0.25, 0.3) is 10.6 Å². The van der Waals surface area contributed by atoms with Crippen molar-refractivity contribution in [2.75, 3.05) is 19.6 Å². The van der Waals surface area contributed by atoms with Crippen LogP contribution in [0.1, 0.15) is 5.56 Å². The van der Waals surface area contributed by atoms with E-state index in [1.807, 2.05) is 41.1 Å². The Hall–Kier alpha value is -2.38. The van der Waals surface area contributed by atoms with Crippen LogP contribution in [0.2, 0.25) is 0 Å². The maximum atomic E-state index is 5.37. The highest BCUT2D eigenvalue weighted by Gasteiger charge is 2.08. The minimum Gasteiger partial charge on any atom is -0.493 e. The van der Waals surface area contributed by atoms with E-state index in [0.29, 0.717) is 11.5 Å². The highest BCUT2D eigenvalue weighted by atomic mass is 32.1. The predicted octanol–water partition coefficient (Wildman–Crippen LogP) is 4.33. The summed E-state index contributed by atoms with van der Waals surface area (Å²) >= 11 is 3.18. The first-order valence-electron chi connectivity index (χ1n) is 6.81. The number of nitrogens with zero attached hydrogens (tertiary/aromatic N) is 2. The Kier molecular flexibility index (Phi) is 4.89. The van der Waals surface area contributed by atoms with E-state index in [2.05, 4.69) is 15.5 Å². The normalized spacial score (nSPS) is 10.9. The summed E-state index contributed by atoms with van der Waals surface area (Å²) in [5, 5.41) is 9.02. The molecule has 0 aliphatic heterocycles. The first kappa shape index (κ1) is 15.5. The average Bonchev–Trinajstić information content (AvgIpc) is 3.25. The van der Waals surface area contributed by atoms with Crippen molar-refractivity contribution < 1.29 is 9.47 Å². The number of hydrogen-bond acceptors (Lipinski definition) is 7. The monoisotopic (exact) mass is 345 g/mol. The topological polar surface area (TPSA) is 55.7 Å². The van der Waals surface area contributed by atoms with E-state index in [-0.39, 0.29) is 0 Å². The number of rotatable bonds is 6. The molecule has 0 unspecified atom stereocenters. The van der Waals surface area contributed by atoms with Crippen molar-refractivity contribution in [3.05, 3.63) is 46.7 Å². The molecule has 0 aliphatic carbocycles. The first-order chi connectivity index (χ1) is 11.3. The lowest BCUT2D eigenvalue weighted by molar-refractivity contribution is 0.354. The summed E-state index contributed by atoms with van der Waals surface area (Å²) in [6, 6.07) is 9.71. The zero-order chi connectivity index (χ0) is 16.1. The highest BCUT2D eigenvalue weighted by molar-refractivity contribution is 7.15. The molecule has 23 heavy (non-hydrogen) atoms. The van der Waals surface area contributed by atoms with Crippen molar-refractivity contribution in [2.45, 2.75) is 0 Å². The van der Waals surface area contributed by atoms with Gasteiger partial charge in [0.05, 0.1) is 31.0 Å². The first-order valence-corrected chi connectivity index (χ1v) is 8.57. The van der Waals surface area contributed by atoms with Gasteiger partial charge in [0.2, 0.25) is 5.13 Å². The number of thiazole rings is 1. The van der Waals surface area contributed by atoms with Gasteiger partial charge in [-0.2, -0.15) is 5.10 Å². The number of benzene rings is 1. The molecule has 0 fully saturated rings. The smallest absolute Gasteiger partial charge is 0.203 e. The molecule has 1 aromatic carbocycles. The number of aromatic nitrogens is 1. The second-order valence-electron chi connectivity index (χ2n) is 4.47. The largest absolute Gasteiger partial charge is 0.493 e. The number of ether oxygens (including phenoxy) is 2. The Labute approximate surface area is 142 Å². The third-order valence-electron chi connectivity index (χ3n) is 3.08. The van der Waals surface area contributed by atoms with E-state index in [0.717, 1.165) is 21.3 Å². The molecule has 0 bridgehead atoms. The van der Waals surface area contributed by atoms with E-state index in [4.69, 9.17) is 9.47 Å². The summed E-state index contributed by atoms with van der Waals surface area (Å²) < 4.78 is 10.6. The number of nitrogens with one attached hydrogen (secondary N) is 1. The van der Waals surface area contributed by atoms with Crippen LogP contribution in [-0.2, 0) is 0 Å². The molecular weight excluding hydrogens is 330 g/mol. The van der Waals surface area contributed by atoms with Gasteiger partial charge in [-0.05, 0) is 23.6 Å². The molecule has 2 aromatic heterocycles. The van der Waals surface area contributed by atoms with Crippen molar-refractivity contribution in [1.82, 2.24) is 4.98 Å². The van der Waals surface area contributed by atoms with Crippen molar-refractivity contribution in [3.8, 4) is 22.1 Å². The van der Waals surface area contributed by atoms with Crippen molar-refractivity contribution >= 4 is 34.0 Å². The summed E-state index contributed by atoms with van der Waals surface area (Å²) in [6.45, 7) is 0. The number of hydrazone groups is 1. The molecule has 3 aromatic rings. The molecule has 1 N–H and O–H groups in total. The van der Waals surface area contributed by atoms with Gasteiger partial charge in [0, 0.05) is 10.9 Å². The Balaban J connectivity index is 1.72. The minimum atomic E-state index is 0.652. The van der Waals surface area contributed by atoms with E-state index in [9.17, 15) is 0 Å². The number of anilines is 1. The number of para-hydroxylation sites is 1. The molecule has 7 heteroatoms. The molecule has 118 valence electrons. The van der Waals surface area contributed by atoms with Crippen LogP contribution in [0, 0.1) is 0 Å². The SMILES string of the molecule is COc1cccc(/C=N\Nc2nc(-c3cccs3)cs2)c1OC. The van der Waals surface area contributed by atoms with Crippen LogP contribution in [0.3, 0.4) is 0 Å². The van der Waals surface area contributed by atoms with Crippen molar-refractivity contribution in [2.24, 2.45) is 5.10 Å². The van der Waals surface area contributed by atoms with Gasteiger partial charge in [0.25, 0.3) is 0 Å². The molecule has 0 amide bonds. The highest BCUT2D eigenvalue weighted by Crippen LogP contribution is 2.30. The molecule has 5 nitrogen and oxygen atoms in total. The Morgan fingerprint density at radius 3 is 2.78 bits per heavy atom. The lowest BCUT2D eigenvalue weighted by Crippen LogP contribution is -1.96. The summed E-state index contributed by atoms with van der Waals surface area (Å²) in [5.74, 6) is 1.32. The van der Waals surface area contributed by atoms with E-state index < -0.39 is 0 Å². The zero-order valence-corrected chi connectivity index (χ0v) is 14.3. The molecule has 0 aliphatic rings. The second-order valence-corrected chi connectivity index (χ2v) is 6.27. The van der Waals surface area contributed by atoms with Gasteiger partial charge in [-0.15, -0.1) is 22.7 Å². The van der Waals surface area contributed by atoms with Crippen molar-refractivity contribution in [1.29, 1.82) is 0 Å². The Bertz CT molecular complexity index is 798. The Morgan fingerprint density at radius 1 is 1.13 bits per heavy atom. The summed E-state index contributed by atoms with van der Waals surface area (Å²) in [5.41, 5.74) is 4.74. The molecule has 0 spiro atoms. The van der Waals surface area contributed by atoms with Gasteiger partial charge in [-0.1, -0.05) is 12.1 Å². The van der Waals surface area contributed by atoms with Crippen LogP contribution in [0.15, 0.2) is 46.2 Å². The molecule has 3 rings (SSSR count). The maximum Gasteiger partial charge on any atom is 0.203 e. The predicted molar refractivity (Wildman–Crippen MR) is 96.2 cm³/mol. The molecule has 0 radical (unpaired) electrons. The van der Waals surface area contributed by atoms with E-state index in [1.165, 1.54) is 11.3 Å². The van der Waals surface area contributed by atoms with E-state index in [1.54, 1.807) is 31.8 Å². The summed E-state index contributed by atoms with van der Waals surface area (Å²) in [6.07, 6.45) is 1.69. The van der Waals surface area contributed by atoms with Crippen molar-refractivity contribution in [3.63, 3.8) is 0 Å². The molecule has 0 saturated heterocycles. The lowest BCUT2D eigenvalue weighted by Gasteiger charge is -2.09. The third kappa shape index (κ3) is 3.52. The fraction of sp³-hybridized carbons (Fsp3) is 0.125. The van der Waals surface area contributed by atoms with Crippen LogP contribution in [0.5, 0.6) is 11.5 Å². The zero-order valence-electron chi connectivity index (χ0n) is 12.6. The van der Waals surface area contributed by atoms with Gasteiger partial charge in [0.1, 0.15) is 0 Å². The Morgan fingerprint density at radius 2 is 2.04 bits per heavy atom. The van der Waals surface area contributed by atoms with Crippen LogP contribution >= 0.6 is 22.7 Å². The second kappa shape index (κ2) is 7.26. The molecule has 0 saturated carbocycles. The van der Waals surface area contributed by atoms with Gasteiger partial charge in [-0.3, -0.25) is 5.43 Å². The fourth-order valence-electron chi connectivity index (χ4n) is 2.03. The number of methoxy groups -OCH3 is 2. The standard InChI is InChI=1S/C16H15N3O2S2/c1-20-13-6-3-5-11(15(13)21-2)9-17-19-16-18-12(10-23-16)14-7-4-8-22-14/h3-10H,1-2H3,(H,18,19)/b17-9-. The van der Waals surface area contributed by atoms with E-state index >= 15 is 0 Å². The van der Waals surface area contributed by atoms with Crippen LogP contribution in [0.4, 0.5) is 5.13 Å². The number of hydrogen-bond donors (Lipinski definition) is 1. The van der Waals surface area contributed by atoms with Gasteiger partial charge in [-0.25, -0.2) is 4.98 Å². The quantitative estimate of drug-likeness (QED) is 0.533. The van der Waals surface area contributed by atoms with Crippen LogP contribution < -0.4 is 14.9 Å². The van der Waals surface area contributed by atoms with Gasteiger partial charge in [0.15, 0.2) is 11.5 Å².